The first-order valence-corrected chi connectivity index (χ1v) is 5.90. The minimum absolute atomic E-state index is 0.322. The molecule has 86 valence electrons. The zero-order valence-corrected chi connectivity index (χ0v) is 10.2. The summed E-state index contributed by atoms with van der Waals surface area (Å²) in [5.41, 5.74) is 0. The number of hydrogen-bond acceptors (Lipinski definition) is 1. The molecule has 0 spiro atoms. The summed E-state index contributed by atoms with van der Waals surface area (Å²) in [7, 11) is 0. The van der Waals surface area contributed by atoms with Gasteiger partial charge in [-0.3, -0.25) is 0 Å². The number of rotatable bonds is 4. The van der Waals surface area contributed by atoms with Crippen LogP contribution in [0.3, 0.4) is 0 Å². The maximum Gasteiger partial charge on any atom is 0.115 e. The van der Waals surface area contributed by atoms with Crippen molar-refractivity contribution in [3.63, 3.8) is 0 Å². The largest absolute Gasteiger partial charge is 0.508 e. The molecule has 0 amide bonds. The molecule has 1 aromatic carbocycles. The molecule has 1 nitrogen and oxygen atoms in total. The molecule has 0 unspecified atom stereocenters. The van der Waals surface area contributed by atoms with Crippen LogP contribution in [0.4, 0.5) is 0 Å². The lowest BCUT2D eigenvalue weighted by molar-refractivity contribution is 0.475. The van der Waals surface area contributed by atoms with E-state index in [1.54, 1.807) is 24.3 Å². The Morgan fingerprint density at radius 2 is 1.67 bits per heavy atom. The van der Waals surface area contributed by atoms with E-state index in [0.29, 0.717) is 5.75 Å². The molecule has 0 bridgehead atoms. The quantitative estimate of drug-likeness (QED) is 0.716. The Hall–Kier alpha value is -0.980. The van der Waals surface area contributed by atoms with E-state index in [2.05, 4.69) is 20.8 Å². The molecule has 0 radical (unpaired) electrons. The fraction of sp³-hybridized carbons (Fsp3) is 0.571. The van der Waals surface area contributed by atoms with Gasteiger partial charge in [0.1, 0.15) is 5.75 Å². The maximum atomic E-state index is 8.63. The molecule has 1 N–H and O–H groups in total. The standard InChI is InChI=1S/C8H18.C6H6O/c1-4-5-6-7-8(2)3;7-6-4-2-1-3-5-6/h8H,4-7H2,1-3H3;1-5,7H. The fourth-order valence-corrected chi connectivity index (χ4v) is 1.23. The van der Waals surface area contributed by atoms with Gasteiger partial charge in [0.15, 0.2) is 0 Å². The molecule has 0 aliphatic rings. The van der Waals surface area contributed by atoms with Gasteiger partial charge in [0.2, 0.25) is 0 Å². The number of phenolic OH excluding ortho intramolecular Hbond substituents is 1. The van der Waals surface area contributed by atoms with Crippen LogP contribution in [0.15, 0.2) is 30.3 Å². The molecule has 0 aliphatic heterocycles. The van der Waals surface area contributed by atoms with Gasteiger partial charge >= 0.3 is 0 Å². The Morgan fingerprint density at radius 3 is 2.00 bits per heavy atom. The molecular weight excluding hydrogens is 184 g/mol. The van der Waals surface area contributed by atoms with Crippen LogP contribution in [-0.2, 0) is 0 Å². The van der Waals surface area contributed by atoms with Crippen molar-refractivity contribution in [3.05, 3.63) is 30.3 Å². The van der Waals surface area contributed by atoms with E-state index < -0.39 is 0 Å². The zero-order chi connectivity index (χ0) is 11.5. The first-order valence-electron chi connectivity index (χ1n) is 5.90. The number of para-hydroxylation sites is 1. The highest BCUT2D eigenvalue weighted by Crippen LogP contribution is 2.06. The van der Waals surface area contributed by atoms with Gasteiger partial charge in [0, 0.05) is 0 Å². The highest BCUT2D eigenvalue weighted by molar-refractivity contribution is 5.18. The lowest BCUT2D eigenvalue weighted by atomic mass is 10.1. The van der Waals surface area contributed by atoms with Crippen molar-refractivity contribution >= 4 is 0 Å². The van der Waals surface area contributed by atoms with Gasteiger partial charge in [-0.05, 0) is 18.1 Å². The second-order valence-electron chi connectivity index (χ2n) is 4.23. The summed E-state index contributed by atoms with van der Waals surface area (Å²) in [5.74, 6) is 1.23. The predicted octanol–water partition coefficient (Wildman–Crippen LogP) is 4.61. The third-order valence-corrected chi connectivity index (χ3v) is 2.14. The van der Waals surface area contributed by atoms with Crippen LogP contribution in [-0.4, -0.2) is 5.11 Å². The minimum atomic E-state index is 0.322. The highest BCUT2D eigenvalue weighted by Gasteiger charge is 1.90. The molecule has 15 heavy (non-hydrogen) atoms. The summed E-state index contributed by atoms with van der Waals surface area (Å²) in [6.07, 6.45) is 5.60. The van der Waals surface area contributed by atoms with Crippen molar-refractivity contribution in [2.24, 2.45) is 5.92 Å². The number of unbranched alkanes of at least 4 members (excludes halogenated alkanes) is 2. The Labute approximate surface area is 94.2 Å². The van der Waals surface area contributed by atoms with Crippen LogP contribution in [0.5, 0.6) is 5.75 Å². The smallest absolute Gasteiger partial charge is 0.115 e. The van der Waals surface area contributed by atoms with Crippen LogP contribution < -0.4 is 0 Å². The van der Waals surface area contributed by atoms with E-state index >= 15 is 0 Å². The lowest BCUT2D eigenvalue weighted by Crippen LogP contribution is -1.85. The Kier molecular flexibility index (Phi) is 8.95. The third-order valence-electron chi connectivity index (χ3n) is 2.14. The molecule has 0 fully saturated rings. The molecule has 1 rings (SSSR count). The summed E-state index contributed by atoms with van der Waals surface area (Å²) in [6.45, 7) is 6.83. The van der Waals surface area contributed by atoms with Crippen molar-refractivity contribution in [3.8, 4) is 5.75 Å². The summed E-state index contributed by atoms with van der Waals surface area (Å²) in [4.78, 5) is 0. The van der Waals surface area contributed by atoms with Crippen molar-refractivity contribution in [1.29, 1.82) is 0 Å². The highest BCUT2D eigenvalue weighted by atomic mass is 16.3. The van der Waals surface area contributed by atoms with E-state index in [4.69, 9.17) is 5.11 Å². The molecular formula is C14H24O. The second-order valence-corrected chi connectivity index (χ2v) is 4.23. The fourth-order valence-electron chi connectivity index (χ4n) is 1.23. The van der Waals surface area contributed by atoms with Crippen molar-refractivity contribution < 1.29 is 5.11 Å². The number of benzene rings is 1. The van der Waals surface area contributed by atoms with Gasteiger partial charge in [-0.25, -0.2) is 0 Å². The van der Waals surface area contributed by atoms with Crippen LogP contribution in [0.2, 0.25) is 0 Å². The molecule has 1 aromatic rings. The van der Waals surface area contributed by atoms with Crippen LogP contribution in [0.25, 0.3) is 0 Å². The Balaban J connectivity index is 0.000000262. The average Bonchev–Trinajstić information content (AvgIpc) is 2.20. The number of aromatic hydroxyl groups is 1. The van der Waals surface area contributed by atoms with Crippen molar-refractivity contribution in [1.82, 2.24) is 0 Å². The van der Waals surface area contributed by atoms with Gasteiger partial charge in [-0.1, -0.05) is 64.7 Å². The van der Waals surface area contributed by atoms with E-state index in [9.17, 15) is 0 Å². The molecule has 0 saturated heterocycles. The molecule has 1 heteroatoms. The predicted molar refractivity (Wildman–Crippen MR) is 67.1 cm³/mol. The lowest BCUT2D eigenvalue weighted by Gasteiger charge is -2.00. The minimum Gasteiger partial charge on any atom is -0.508 e. The van der Waals surface area contributed by atoms with Crippen LogP contribution in [0.1, 0.15) is 46.5 Å². The summed E-state index contributed by atoms with van der Waals surface area (Å²) in [6, 6.07) is 8.71. The molecule has 0 aliphatic carbocycles. The van der Waals surface area contributed by atoms with E-state index in [0.717, 1.165) is 5.92 Å². The van der Waals surface area contributed by atoms with E-state index in [-0.39, 0.29) is 0 Å². The van der Waals surface area contributed by atoms with Crippen LogP contribution >= 0.6 is 0 Å². The summed E-state index contributed by atoms with van der Waals surface area (Å²) >= 11 is 0. The first kappa shape index (κ1) is 14.0. The van der Waals surface area contributed by atoms with E-state index in [1.807, 2.05) is 6.07 Å². The van der Waals surface area contributed by atoms with Gasteiger partial charge in [-0.2, -0.15) is 0 Å². The van der Waals surface area contributed by atoms with Crippen LogP contribution in [0, 0.1) is 5.92 Å². The zero-order valence-electron chi connectivity index (χ0n) is 10.2. The Morgan fingerprint density at radius 1 is 1.07 bits per heavy atom. The van der Waals surface area contributed by atoms with Gasteiger partial charge in [-0.15, -0.1) is 0 Å². The number of phenols is 1. The molecule has 0 aromatic heterocycles. The first-order chi connectivity index (χ1) is 7.16. The normalized spacial score (nSPS) is 9.60. The average molecular weight is 208 g/mol. The molecule has 0 heterocycles. The van der Waals surface area contributed by atoms with Gasteiger partial charge in [0.25, 0.3) is 0 Å². The Bertz CT molecular complexity index is 216. The van der Waals surface area contributed by atoms with Gasteiger partial charge in [0.05, 0.1) is 0 Å². The third kappa shape index (κ3) is 10.9. The van der Waals surface area contributed by atoms with Gasteiger partial charge < -0.3 is 5.11 Å². The summed E-state index contributed by atoms with van der Waals surface area (Å²) in [5, 5.41) is 8.63. The molecule has 0 atom stereocenters. The van der Waals surface area contributed by atoms with Crippen molar-refractivity contribution in [2.45, 2.75) is 46.5 Å². The monoisotopic (exact) mass is 208 g/mol. The van der Waals surface area contributed by atoms with E-state index in [1.165, 1.54) is 25.7 Å². The second kappa shape index (κ2) is 9.57. The topological polar surface area (TPSA) is 20.2 Å². The molecule has 0 saturated carbocycles. The number of hydrogen-bond donors (Lipinski definition) is 1. The SMILES string of the molecule is CCCCCC(C)C.Oc1ccccc1. The summed E-state index contributed by atoms with van der Waals surface area (Å²) < 4.78 is 0. The maximum absolute atomic E-state index is 8.63. The van der Waals surface area contributed by atoms with Crippen molar-refractivity contribution in [2.75, 3.05) is 0 Å².